The Kier molecular flexibility index (Phi) is 9.24. The highest BCUT2D eigenvalue weighted by molar-refractivity contribution is 5.31. The predicted molar refractivity (Wildman–Crippen MR) is 120 cm³/mol. The summed E-state index contributed by atoms with van der Waals surface area (Å²) in [5.41, 5.74) is 4.14. The van der Waals surface area contributed by atoms with Crippen molar-refractivity contribution in [2.75, 3.05) is 19.6 Å². The van der Waals surface area contributed by atoms with Gasteiger partial charge in [0.1, 0.15) is 0 Å². The Bertz CT molecular complexity index is 537. The van der Waals surface area contributed by atoms with E-state index in [1.807, 2.05) is 6.08 Å². The number of likely N-dealkylation sites (tertiary alicyclic amines) is 1. The molecule has 0 spiro atoms. The number of piperidine rings is 1. The van der Waals surface area contributed by atoms with Gasteiger partial charge < -0.3 is 9.80 Å². The molecule has 1 saturated carbocycles. The number of allylic oxidation sites excluding steroid dienone is 5. The van der Waals surface area contributed by atoms with Gasteiger partial charge >= 0.3 is 0 Å². The highest BCUT2D eigenvalue weighted by Crippen LogP contribution is 2.31. The lowest BCUT2D eigenvalue weighted by Crippen LogP contribution is -2.43. The average molecular weight is 371 g/mol. The van der Waals surface area contributed by atoms with Gasteiger partial charge in [-0.2, -0.15) is 0 Å². The second-order valence-corrected chi connectivity index (χ2v) is 8.44. The number of hydrogen-bond acceptors (Lipinski definition) is 2. The summed E-state index contributed by atoms with van der Waals surface area (Å²) in [5, 5.41) is 0. The van der Waals surface area contributed by atoms with Gasteiger partial charge in [-0.05, 0) is 56.9 Å². The van der Waals surface area contributed by atoms with Crippen LogP contribution in [-0.4, -0.2) is 35.5 Å². The molecule has 1 saturated heterocycles. The minimum Gasteiger partial charge on any atom is -0.372 e. The van der Waals surface area contributed by atoms with E-state index in [1.54, 1.807) is 0 Å². The number of rotatable bonds is 10. The van der Waals surface area contributed by atoms with Crippen LogP contribution in [0.15, 0.2) is 48.4 Å². The van der Waals surface area contributed by atoms with Crippen LogP contribution in [0.4, 0.5) is 0 Å². The quantitative estimate of drug-likeness (QED) is 0.396. The Hall–Kier alpha value is -1.44. The lowest BCUT2D eigenvalue weighted by atomic mass is 9.94. The molecule has 0 aromatic rings. The Morgan fingerprint density at radius 3 is 2.52 bits per heavy atom. The lowest BCUT2D eigenvalue weighted by molar-refractivity contribution is 0.149. The standard InChI is InChI=1S/C25H42N2/c1-6-12-21(4)25(14-8-3)26-18-11-15-23(19-26)20-27(22(5)13-7-2)24-16-9-10-17-24/h6,12,14,23-24H,1,5,7-11,13,15-20H2,2-4H3/b21-12+,25-14+. The maximum Gasteiger partial charge on any atom is 0.0355 e. The topological polar surface area (TPSA) is 6.48 Å². The first-order valence-corrected chi connectivity index (χ1v) is 11.3. The molecule has 1 heterocycles. The van der Waals surface area contributed by atoms with E-state index in [4.69, 9.17) is 0 Å². The molecule has 1 atom stereocenters. The van der Waals surface area contributed by atoms with Gasteiger partial charge in [-0.25, -0.2) is 0 Å². The molecule has 1 unspecified atom stereocenters. The fraction of sp³-hybridized carbons (Fsp3) is 0.680. The highest BCUT2D eigenvalue weighted by atomic mass is 15.2. The molecule has 2 heteroatoms. The molecule has 0 bridgehead atoms. The second-order valence-electron chi connectivity index (χ2n) is 8.44. The highest BCUT2D eigenvalue weighted by Gasteiger charge is 2.28. The molecule has 0 aromatic heterocycles. The van der Waals surface area contributed by atoms with Crippen LogP contribution in [0.25, 0.3) is 0 Å². The van der Waals surface area contributed by atoms with Crippen molar-refractivity contribution in [3.8, 4) is 0 Å². The van der Waals surface area contributed by atoms with E-state index < -0.39 is 0 Å². The van der Waals surface area contributed by atoms with Gasteiger partial charge in [0.05, 0.1) is 0 Å². The zero-order chi connectivity index (χ0) is 19.6. The van der Waals surface area contributed by atoms with Crippen LogP contribution < -0.4 is 0 Å². The van der Waals surface area contributed by atoms with Crippen molar-refractivity contribution in [2.45, 2.75) is 84.6 Å². The number of hydrogen-bond donors (Lipinski definition) is 0. The summed E-state index contributed by atoms with van der Waals surface area (Å²) < 4.78 is 0. The SMILES string of the molecule is C=C/C=C(C)/C(=C\CC)N1CCCC(CN(C(=C)CCC)C2CCCC2)C1. The van der Waals surface area contributed by atoms with Gasteiger partial charge in [0.15, 0.2) is 0 Å². The van der Waals surface area contributed by atoms with Crippen LogP contribution in [0.2, 0.25) is 0 Å². The van der Waals surface area contributed by atoms with E-state index in [0.717, 1.165) is 24.8 Å². The molecular weight excluding hydrogens is 328 g/mol. The first-order valence-electron chi connectivity index (χ1n) is 11.3. The second kappa shape index (κ2) is 11.4. The first kappa shape index (κ1) is 21.9. The van der Waals surface area contributed by atoms with E-state index in [-0.39, 0.29) is 0 Å². The normalized spacial score (nSPS) is 22.2. The van der Waals surface area contributed by atoms with Crippen molar-refractivity contribution in [2.24, 2.45) is 5.92 Å². The summed E-state index contributed by atoms with van der Waals surface area (Å²) in [6.45, 7) is 18.6. The third-order valence-corrected chi connectivity index (χ3v) is 6.19. The molecule has 0 amide bonds. The van der Waals surface area contributed by atoms with Gasteiger partial charge in [0, 0.05) is 37.1 Å². The van der Waals surface area contributed by atoms with E-state index in [2.05, 4.69) is 55.9 Å². The van der Waals surface area contributed by atoms with Crippen LogP contribution in [0.3, 0.4) is 0 Å². The maximum absolute atomic E-state index is 4.47. The van der Waals surface area contributed by atoms with Gasteiger partial charge in [-0.1, -0.05) is 64.5 Å². The van der Waals surface area contributed by atoms with Crippen molar-refractivity contribution < 1.29 is 0 Å². The van der Waals surface area contributed by atoms with E-state index in [1.165, 1.54) is 81.5 Å². The lowest BCUT2D eigenvalue weighted by Gasteiger charge is -2.41. The third-order valence-electron chi connectivity index (χ3n) is 6.19. The predicted octanol–water partition coefficient (Wildman–Crippen LogP) is 6.68. The average Bonchev–Trinajstić information content (AvgIpc) is 3.19. The summed E-state index contributed by atoms with van der Waals surface area (Å²) in [6.07, 6.45) is 18.1. The van der Waals surface area contributed by atoms with Crippen molar-refractivity contribution in [1.29, 1.82) is 0 Å². The van der Waals surface area contributed by atoms with Gasteiger partial charge in [0.2, 0.25) is 0 Å². The van der Waals surface area contributed by atoms with E-state index in [0.29, 0.717) is 0 Å². The molecule has 152 valence electrons. The Morgan fingerprint density at radius 2 is 1.89 bits per heavy atom. The van der Waals surface area contributed by atoms with Crippen molar-refractivity contribution in [3.63, 3.8) is 0 Å². The van der Waals surface area contributed by atoms with Crippen LogP contribution in [0, 0.1) is 5.92 Å². The van der Waals surface area contributed by atoms with Crippen molar-refractivity contribution in [1.82, 2.24) is 9.80 Å². The van der Waals surface area contributed by atoms with E-state index >= 15 is 0 Å². The van der Waals surface area contributed by atoms with Gasteiger partial charge in [0.25, 0.3) is 0 Å². The van der Waals surface area contributed by atoms with Crippen LogP contribution in [-0.2, 0) is 0 Å². The van der Waals surface area contributed by atoms with E-state index in [9.17, 15) is 0 Å². The summed E-state index contributed by atoms with van der Waals surface area (Å²) >= 11 is 0. The molecular formula is C25H42N2. The molecule has 2 rings (SSSR count). The largest absolute Gasteiger partial charge is 0.372 e. The minimum atomic E-state index is 0.741. The maximum atomic E-state index is 4.47. The molecule has 2 nitrogen and oxygen atoms in total. The Morgan fingerprint density at radius 1 is 1.15 bits per heavy atom. The molecule has 2 aliphatic rings. The number of nitrogens with zero attached hydrogens (tertiary/aromatic N) is 2. The molecule has 0 aromatic carbocycles. The van der Waals surface area contributed by atoms with Gasteiger partial charge in [-0.15, -0.1) is 0 Å². The summed E-state index contributed by atoms with van der Waals surface area (Å²) in [4.78, 5) is 5.34. The Balaban J connectivity index is 2.08. The van der Waals surface area contributed by atoms with Crippen molar-refractivity contribution in [3.05, 3.63) is 48.4 Å². The van der Waals surface area contributed by atoms with Crippen LogP contribution >= 0.6 is 0 Å². The minimum absolute atomic E-state index is 0.741. The fourth-order valence-electron chi connectivity index (χ4n) is 4.89. The molecule has 0 radical (unpaired) electrons. The van der Waals surface area contributed by atoms with Crippen LogP contribution in [0.1, 0.15) is 78.6 Å². The summed E-state index contributed by atoms with van der Waals surface area (Å²) in [7, 11) is 0. The molecule has 27 heavy (non-hydrogen) atoms. The zero-order valence-electron chi connectivity index (χ0n) is 18.2. The van der Waals surface area contributed by atoms with Gasteiger partial charge in [-0.3, -0.25) is 0 Å². The summed E-state index contributed by atoms with van der Waals surface area (Å²) in [6, 6.07) is 0.743. The van der Waals surface area contributed by atoms with Crippen molar-refractivity contribution >= 4 is 0 Å². The smallest absolute Gasteiger partial charge is 0.0355 e. The fourth-order valence-corrected chi connectivity index (χ4v) is 4.89. The monoisotopic (exact) mass is 370 g/mol. The Labute approximate surface area is 168 Å². The first-order chi connectivity index (χ1) is 13.1. The zero-order valence-corrected chi connectivity index (χ0v) is 18.2. The summed E-state index contributed by atoms with van der Waals surface area (Å²) in [5.74, 6) is 0.741. The third kappa shape index (κ3) is 6.30. The molecule has 2 fully saturated rings. The molecule has 1 aliphatic heterocycles. The molecule has 0 N–H and O–H groups in total. The van der Waals surface area contributed by atoms with Crippen LogP contribution in [0.5, 0.6) is 0 Å². The molecule has 1 aliphatic carbocycles.